The second kappa shape index (κ2) is 8.94. The molecule has 0 N–H and O–H groups in total. The molecule has 0 bridgehead atoms. The molecule has 0 atom stereocenters. The highest BCUT2D eigenvalue weighted by molar-refractivity contribution is 5.95. The van der Waals surface area contributed by atoms with E-state index in [1.54, 1.807) is 0 Å². The number of carbonyl (C=O) groups excluding carboxylic acids is 1. The van der Waals surface area contributed by atoms with E-state index in [0.29, 0.717) is 13.1 Å². The summed E-state index contributed by atoms with van der Waals surface area (Å²) in [5.41, 5.74) is 7.43. The molecule has 3 aromatic carbocycles. The van der Waals surface area contributed by atoms with Gasteiger partial charge in [-0.2, -0.15) is 5.10 Å². The summed E-state index contributed by atoms with van der Waals surface area (Å²) in [5.74, 6) is 0.0997. The van der Waals surface area contributed by atoms with Crippen LogP contribution in [0.25, 0.3) is 16.8 Å². The number of hydrogen-bond acceptors (Lipinski definition) is 3. The number of carbonyl (C=O) groups is 1. The van der Waals surface area contributed by atoms with Crippen molar-refractivity contribution in [2.75, 3.05) is 31.1 Å². The Morgan fingerprint density at radius 3 is 1.94 bits per heavy atom. The third-order valence-electron chi connectivity index (χ3n) is 6.38. The normalized spacial score (nSPS) is 13.9. The number of nitrogens with zero attached hydrogens (tertiary/aromatic N) is 4. The number of aromatic nitrogens is 2. The summed E-state index contributed by atoms with van der Waals surface area (Å²) in [6, 6.07) is 28.4. The lowest BCUT2D eigenvalue weighted by Gasteiger charge is -2.36. The van der Waals surface area contributed by atoms with Gasteiger partial charge in [0.05, 0.1) is 22.8 Å². The van der Waals surface area contributed by atoms with Crippen LogP contribution in [0.1, 0.15) is 21.7 Å². The lowest BCUT2D eigenvalue weighted by atomic mass is 10.0. The molecule has 2 heterocycles. The summed E-state index contributed by atoms with van der Waals surface area (Å²) in [7, 11) is 0. The van der Waals surface area contributed by atoms with Crippen molar-refractivity contribution >= 4 is 11.6 Å². The van der Waals surface area contributed by atoms with Crippen molar-refractivity contribution in [3.8, 4) is 16.8 Å². The van der Waals surface area contributed by atoms with Crippen LogP contribution in [0.4, 0.5) is 5.69 Å². The van der Waals surface area contributed by atoms with Crippen molar-refractivity contribution in [1.82, 2.24) is 14.7 Å². The number of rotatable bonds is 4. The van der Waals surface area contributed by atoms with Crippen molar-refractivity contribution in [2.45, 2.75) is 13.8 Å². The van der Waals surface area contributed by atoms with Crippen LogP contribution in [0.3, 0.4) is 0 Å². The van der Waals surface area contributed by atoms with E-state index >= 15 is 0 Å². The molecule has 0 aliphatic carbocycles. The third-order valence-corrected chi connectivity index (χ3v) is 6.38. The van der Waals surface area contributed by atoms with Crippen LogP contribution in [-0.4, -0.2) is 46.8 Å². The largest absolute Gasteiger partial charge is 0.365 e. The van der Waals surface area contributed by atoms with Crippen LogP contribution in [0.15, 0.2) is 84.9 Å². The van der Waals surface area contributed by atoms with Crippen LogP contribution in [-0.2, 0) is 0 Å². The molecular weight excluding hydrogens is 408 g/mol. The molecule has 1 fully saturated rings. The maximum absolute atomic E-state index is 13.1. The lowest BCUT2D eigenvalue weighted by Crippen LogP contribution is -2.49. The maximum atomic E-state index is 13.1. The second-order valence-electron chi connectivity index (χ2n) is 8.49. The smallest absolute Gasteiger partial charge is 0.253 e. The molecule has 1 aromatic heterocycles. The molecule has 0 unspecified atom stereocenters. The number of anilines is 1. The first-order chi connectivity index (χ1) is 16.1. The van der Waals surface area contributed by atoms with E-state index in [9.17, 15) is 4.79 Å². The van der Waals surface area contributed by atoms with Gasteiger partial charge in [0.25, 0.3) is 5.91 Å². The monoisotopic (exact) mass is 436 g/mol. The fourth-order valence-electron chi connectivity index (χ4n) is 4.66. The Morgan fingerprint density at radius 2 is 1.30 bits per heavy atom. The molecule has 5 heteroatoms. The van der Waals surface area contributed by atoms with E-state index in [1.165, 1.54) is 5.69 Å². The summed E-state index contributed by atoms with van der Waals surface area (Å²) in [6.45, 7) is 7.19. The van der Waals surface area contributed by atoms with E-state index < -0.39 is 0 Å². The zero-order valence-electron chi connectivity index (χ0n) is 19.1. The van der Waals surface area contributed by atoms with Crippen molar-refractivity contribution in [2.24, 2.45) is 0 Å². The fraction of sp³-hybridized carbons (Fsp3) is 0.214. The topological polar surface area (TPSA) is 41.4 Å². The van der Waals surface area contributed by atoms with Crippen LogP contribution < -0.4 is 4.90 Å². The minimum absolute atomic E-state index is 0.0997. The van der Waals surface area contributed by atoms with Crippen molar-refractivity contribution in [3.63, 3.8) is 0 Å². The number of benzene rings is 3. The molecule has 4 aromatic rings. The van der Waals surface area contributed by atoms with E-state index in [0.717, 1.165) is 46.9 Å². The van der Waals surface area contributed by atoms with Crippen LogP contribution >= 0.6 is 0 Å². The predicted molar refractivity (Wildman–Crippen MR) is 133 cm³/mol. The van der Waals surface area contributed by atoms with Gasteiger partial charge in [-0.15, -0.1) is 0 Å². The molecule has 5 rings (SSSR count). The SMILES string of the molecule is Cc1nn(-c2ccccc2)c(C)c1N1CCN(C(=O)c2ccc(-c3ccccc3)cc2)CC1. The molecule has 1 aliphatic rings. The second-order valence-corrected chi connectivity index (χ2v) is 8.49. The van der Waals surface area contributed by atoms with Crippen LogP contribution in [0.2, 0.25) is 0 Å². The van der Waals surface area contributed by atoms with Crippen LogP contribution in [0, 0.1) is 13.8 Å². The number of piperazine rings is 1. The van der Waals surface area contributed by atoms with Gasteiger partial charge in [0.2, 0.25) is 0 Å². The van der Waals surface area contributed by atoms with Crippen molar-refractivity contribution < 1.29 is 4.79 Å². The van der Waals surface area contributed by atoms with Gasteiger partial charge in [0, 0.05) is 31.7 Å². The molecule has 5 nitrogen and oxygen atoms in total. The minimum atomic E-state index is 0.0997. The Kier molecular flexibility index (Phi) is 5.69. The molecule has 1 aliphatic heterocycles. The maximum Gasteiger partial charge on any atom is 0.253 e. The van der Waals surface area contributed by atoms with E-state index in [2.05, 4.69) is 43.0 Å². The van der Waals surface area contributed by atoms with Gasteiger partial charge in [-0.05, 0) is 49.2 Å². The molecule has 33 heavy (non-hydrogen) atoms. The first kappa shape index (κ1) is 21.0. The first-order valence-electron chi connectivity index (χ1n) is 11.4. The van der Waals surface area contributed by atoms with Gasteiger partial charge in [-0.3, -0.25) is 4.79 Å². The van der Waals surface area contributed by atoms with Gasteiger partial charge in [-0.25, -0.2) is 4.68 Å². The van der Waals surface area contributed by atoms with Gasteiger partial charge in [0.15, 0.2) is 0 Å². The molecule has 1 saturated heterocycles. The average molecular weight is 437 g/mol. The Bertz CT molecular complexity index is 1240. The highest BCUT2D eigenvalue weighted by atomic mass is 16.2. The summed E-state index contributed by atoms with van der Waals surface area (Å²) < 4.78 is 2.01. The Balaban J connectivity index is 1.27. The Morgan fingerprint density at radius 1 is 0.727 bits per heavy atom. The predicted octanol–water partition coefficient (Wildman–Crippen LogP) is 5.12. The summed E-state index contributed by atoms with van der Waals surface area (Å²) in [4.78, 5) is 17.4. The van der Waals surface area contributed by atoms with Gasteiger partial charge in [-0.1, -0.05) is 60.7 Å². The lowest BCUT2D eigenvalue weighted by molar-refractivity contribution is 0.0747. The zero-order chi connectivity index (χ0) is 22.8. The summed E-state index contributed by atoms with van der Waals surface area (Å²) in [6.07, 6.45) is 0. The highest BCUT2D eigenvalue weighted by Gasteiger charge is 2.26. The zero-order valence-corrected chi connectivity index (χ0v) is 19.1. The Hall–Kier alpha value is -3.86. The number of aryl methyl sites for hydroxylation is 1. The number of para-hydroxylation sites is 1. The van der Waals surface area contributed by atoms with Crippen molar-refractivity contribution in [1.29, 1.82) is 0 Å². The molecule has 0 spiro atoms. The molecule has 166 valence electrons. The highest BCUT2D eigenvalue weighted by Crippen LogP contribution is 2.28. The van der Waals surface area contributed by atoms with E-state index in [1.807, 2.05) is 70.2 Å². The molecular formula is C28H28N4O. The molecule has 0 saturated carbocycles. The average Bonchev–Trinajstić information content (AvgIpc) is 3.18. The molecule has 1 amide bonds. The van der Waals surface area contributed by atoms with Gasteiger partial charge in [0.1, 0.15) is 0 Å². The van der Waals surface area contributed by atoms with E-state index in [4.69, 9.17) is 5.10 Å². The Labute approximate surface area is 194 Å². The van der Waals surface area contributed by atoms with E-state index in [-0.39, 0.29) is 5.91 Å². The third kappa shape index (κ3) is 4.14. The van der Waals surface area contributed by atoms with Gasteiger partial charge < -0.3 is 9.80 Å². The summed E-state index contributed by atoms with van der Waals surface area (Å²) in [5, 5.41) is 4.78. The number of hydrogen-bond donors (Lipinski definition) is 0. The standard InChI is InChI=1S/C28H28N4O/c1-21-27(22(2)32(29-21)26-11-7-4-8-12-26)30-17-19-31(20-18-30)28(33)25-15-13-24(14-16-25)23-9-5-3-6-10-23/h3-16H,17-20H2,1-2H3. The van der Waals surface area contributed by atoms with Crippen LogP contribution in [0.5, 0.6) is 0 Å². The summed E-state index contributed by atoms with van der Waals surface area (Å²) >= 11 is 0. The van der Waals surface area contributed by atoms with Gasteiger partial charge >= 0.3 is 0 Å². The molecule has 0 radical (unpaired) electrons. The fourth-order valence-corrected chi connectivity index (χ4v) is 4.66. The minimum Gasteiger partial charge on any atom is -0.365 e. The van der Waals surface area contributed by atoms with Crippen molar-refractivity contribution in [3.05, 3.63) is 102 Å². The first-order valence-corrected chi connectivity index (χ1v) is 11.4. The number of amides is 1. The quantitative estimate of drug-likeness (QED) is 0.446.